The van der Waals surface area contributed by atoms with Gasteiger partial charge in [-0.3, -0.25) is 14.6 Å². The minimum Gasteiger partial charge on any atom is -0.368 e. The zero-order valence-corrected chi connectivity index (χ0v) is 17.4. The highest BCUT2D eigenvalue weighted by molar-refractivity contribution is 5.97. The standard InChI is InChI=1S/C22H28N6O2/c1-28(2)10-9-20(29)26-18-7-5-16(6-8-18)21(15-3-4-15)27-22(30)17(12-23)11-19-13-24-14-25-19/h5-8,11,14-15,19,21H,3-4,9-10,13H2,1-2H3,(H,24,25)(H,26,29)(H,27,30)/b17-11+. The first-order valence-corrected chi connectivity index (χ1v) is 10.2. The number of hydrogen-bond acceptors (Lipinski definition) is 6. The van der Waals surface area contributed by atoms with Crippen molar-refractivity contribution in [3.8, 4) is 6.07 Å². The van der Waals surface area contributed by atoms with Crippen LogP contribution in [0.5, 0.6) is 0 Å². The van der Waals surface area contributed by atoms with Crippen LogP contribution in [0, 0.1) is 17.2 Å². The van der Waals surface area contributed by atoms with Crippen LogP contribution in [-0.4, -0.2) is 56.3 Å². The molecule has 0 radical (unpaired) electrons. The maximum atomic E-state index is 12.7. The van der Waals surface area contributed by atoms with E-state index in [-0.39, 0.29) is 29.5 Å². The molecular formula is C22H28N6O2. The first kappa shape index (κ1) is 21.5. The molecule has 0 spiro atoms. The van der Waals surface area contributed by atoms with Gasteiger partial charge in [0.1, 0.15) is 11.6 Å². The second-order valence-corrected chi connectivity index (χ2v) is 7.97. The molecule has 2 amide bonds. The lowest BCUT2D eigenvalue weighted by atomic mass is 10.0. The number of nitrogens with one attached hydrogen (secondary N) is 3. The van der Waals surface area contributed by atoms with E-state index in [0.717, 1.165) is 24.1 Å². The molecule has 3 rings (SSSR count). The van der Waals surface area contributed by atoms with Gasteiger partial charge in [0.15, 0.2) is 0 Å². The van der Waals surface area contributed by atoms with E-state index in [0.29, 0.717) is 25.4 Å². The summed E-state index contributed by atoms with van der Waals surface area (Å²) in [5.74, 6) is -0.0386. The molecule has 2 aliphatic rings. The number of nitriles is 1. The molecule has 0 saturated heterocycles. The monoisotopic (exact) mass is 408 g/mol. The number of carbonyl (C=O) groups is 2. The summed E-state index contributed by atoms with van der Waals surface area (Å²) < 4.78 is 0. The fraction of sp³-hybridized carbons (Fsp3) is 0.455. The molecule has 30 heavy (non-hydrogen) atoms. The van der Waals surface area contributed by atoms with E-state index in [9.17, 15) is 14.9 Å². The smallest absolute Gasteiger partial charge is 0.262 e. The quantitative estimate of drug-likeness (QED) is 0.425. The molecular weight excluding hydrogens is 380 g/mol. The number of aliphatic imine (C=N–C) groups is 1. The Hall–Kier alpha value is -3.18. The number of carbonyl (C=O) groups excluding carboxylic acids is 2. The summed E-state index contributed by atoms with van der Waals surface area (Å²) in [7, 11) is 3.86. The highest BCUT2D eigenvalue weighted by Gasteiger charge is 2.34. The predicted molar refractivity (Wildman–Crippen MR) is 116 cm³/mol. The summed E-state index contributed by atoms with van der Waals surface area (Å²) in [5, 5.41) is 18.3. The largest absolute Gasteiger partial charge is 0.368 e. The summed E-state index contributed by atoms with van der Waals surface area (Å²) in [6.45, 7) is 1.21. The van der Waals surface area contributed by atoms with Gasteiger partial charge in [0.05, 0.1) is 25.0 Å². The molecule has 1 aliphatic carbocycles. The molecule has 3 N–H and O–H groups in total. The van der Waals surface area contributed by atoms with Gasteiger partial charge in [-0.25, -0.2) is 0 Å². The van der Waals surface area contributed by atoms with Crippen LogP contribution >= 0.6 is 0 Å². The summed E-state index contributed by atoms with van der Waals surface area (Å²) in [5.41, 5.74) is 1.79. The Morgan fingerprint density at radius 2 is 2.07 bits per heavy atom. The van der Waals surface area contributed by atoms with E-state index in [1.807, 2.05) is 49.3 Å². The van der Waals surface area contributed by atoms with Crippen molar-refractivity contribution in [2.24, 2.45) is 10.9 Å². The van der Waals surface area contributed by atoms with E-state index in [4.69, 9.17) is 0 Å². The molecule has 2 unspecified atom stereocenters. The van der Waals surface area contributed by atoms with Gasteiger partial charge in [-0.05, 0) is 56.6 Å². The molecule has 0 bridgehead atoms. The fourth-order valence-electron chi connectivity index (χ4n) is 3.28. The van der Waals surface area contributed by atoms with Gasteiger partial charge in [-0.2, -0.15) is 5.26 Å². The van der Waals surface area contributed by atoms with Crippen molar-refractivity contribution in [3.05, 3.63) is 41.5 Å². The number of anilines is 1. The van der Waals surface area contributed by atoms with Crippen molar-refractivity contribution in [1.29, 1.82) is 5.26 Å². The van der Waals surface area contributed by atoms with E-state index < -0.39 is 0 Å². The fourth-order valence-corrected chi connectivity index (χ4v) is 3.28. The second kappa shape index (κ2) is 10.0. The van der Waals surface area contributed by atoms with Crippen molar-refractivity contribution in [2.75, 3.05) is 32.5 Å². The van der Waals surface area contributed by atoms with Gasteiger partial charge in [-0.1, -0.05) is 12.1 Å². The molecule has 8 heteroatoms. The van der Waals surface area contributed by atoms with Gasteiger partial charge in [0.2, 0.25) is 5.91 Å². The number of benzene rings is 1. The van der Waals surface area contributed by atoms with Gasteiger partial charge < -0.3 is 20.9 Å². The summed E-state index contributed by atoms with van der Waals surface area (Å²) in [6, 6.07) is 9.27. The summed E-state index contributed by atoms with van der Waals surface area (Å²) in [6.07, 6.45) is 5.72. The Morgan fingerprint density at radius 1 is 1.33 bits per heavy atom. The van der Waals surface area contributed by atoms with Crippen LogP contribution in [0.3, 0.4) is 0 Å². The highest BCUT2D eigenvalue weighted by Crippen LogP contribution is 2.41. The minimum atomic E-state index is -0.371. The normalized spacial score (nSPS) is 19.1. The van der Waals surface area contributed by atoms with Gasteiger partial charge in [0.25, 0.3) is 5.91 Å². The molecule has 2 atom stereocenters. The molecule has 1 aromatic carbocycles. The van der Waals surface area contributed by atoms with Crippen molar-refractivity contribution < 1.29 is 9.59 Å². The van der Waals surface area contributed by atoms with Crippen molar-refractivity contribution in [2.45, 2.75) is 31.3 Å². The van der Waals surface area contributed by atoms with Crippen LogP contribution in [-0.2, 0) is 9.59 Å². The Morgan fingerprint density at radius 3 is 2.63 bits per heavy atom. The average molecular weight is 409 g/mol. The zero-order valence-electron chi connectivity index (χ0n) is 17.4. The maximum absolute atomic E-state index is 12.7. The molecule has 0 aromatic heterocycles. The minimum absolute atomic E-state index is 0.0307. The average Bonchev–Trinajstić information content (AvgIpc) is 3.44. The van der Waals surface area contributed by atoms with E-state index in [1.165, 1.54) is 0 Å². The number of amides is 2. The molecule has 1 saturated carbocycles. The highest BCUT2D eigenvalue weighted by atomic mass is 16.2. The molecule has 1 aromatic rings. The lowest BCUT2D eigenvalue weighted by molar-refractivity contribution is -0.118. The number of nitrogens with zero attached hydrogens (tertiary/aromatic N) is 3. The van der Waals surface area contributed by atoms with E-state index in [2.05, 4.69) is 20.9 Å². The predicted octanol–water partition coefficient (Wildman–Crippen LogP) is 1.59. The lowest BCUT2D eigenvalue weighted by Gasteiger charge is -2.19. The first-order valence-electron chi connectivity index (χ1n) is 10.2. The van der Waals surface area contributed by atoms with E-state index >= 15 is 0 Å². The van der Waals surface area contributed by atoms with Crippen molar-refractivity contribution >= 4 is 23.8 Å². The first-order chi connectivity index (χ1) is 14.5. The zero-order chi connectivity index (χ0) is 21.5. The third-order valence-corrected chi connectivity index (χ3v) is 5.13. The maximum Gasteiger partial charge on any atom is 0.262 e. The molecule has 1 heterocycles. The van der Waals surface area contributed by atoms with Crippen LogP contribution in [0.15, 0.2) is 40.9 Å². The van der Waals surface area contributed by atoms with Crippen LogP contribution < -0.4 is 16.0 Å². The lowest BCUT2D eigenvalue weighted by Crippen LogP contribution is -2.32. The second-order valence-electron chi connectivity index (χ2n) is 7.97. The molecule has 8 nitrogen and oxygen atoms in total. The third kappa shape index (κ3) is 6.16. The van der Waals surface area contributed by atoms with Crippen LogP contribution in [0.2, 0.25) is 0 Å². The summed E-state index contributed by atoms with van der Waals surface area (Å²) >= 11 is 0. The van der Waals surface area contributed by atoms with Crippen LogP contribution in [0.4, 0.5) is 5.69 Å². The van der Waals surface area contributed by atoms with Gasteiger partial charge >= 0.3 is 0 Å². The van der Waals surface area contributed by atoms with E-state index in [1.54, 1.807) is 12.4 Å². The van der Waals surface area contributed by atoms with Gasteiger partial charge in [-0.15, -0.1) is 0 Å². The number of rotatable bonds is 9. The summed E-state index contributed by atoms with van der Waals surface area (Å²) in [4.78, 5) is 30.7. The Kier molecular flexibility index (Phi) is 7.20. The van der Waals surface area contributed by atoms with Crippen LogP contribution in [0.25, 0.3) is 0 Å². The van der Waals surface area contributed by atoms with Crippen molar-refractivity contribution in [3.63, 3.8) is 0 Å². The topological polar surface area (TPSA) is 110 Å². The molecule has 158 valence electrons. The third-order valence-electron chi connectivity index (χ3n) is 5.13. The molecule has 1 fully saturated rings. The Bertz CT molecular complexity index is 857. The Balaban J connectivity index is 1.62. The van der Waals surface area contributed by atoms with Gasteiger partial charge in [0, 0.05) is 18.7 Å². The number of hydrogen-bond donors (Lipinski definition) is 3. The van der Waals surface area contributed by atoms with Crippen molar-refractivity contribution in [1.82, 2.24) is 15.5 Å². The molecule has 1 aliphatic heterocycles. The Labute approximate surface area is 177 Å². The SMILES string of the molecule is CN(C)CCC(=O)Nc1ccc(C(NC(=O)/C(C#N)=C/C2CN=CN2)C2CC2)cc1. The van der Waals surface area contributed by atoms with Crippen LogP contribution in [0.1, 0.15) is 30.9 Å².